The van der Waals surface area contributed by atoms with Gasteiger partial charge in [-0.15, -0.1) is 0 Å². The maximum atomic E-state index is 12.4. The van der Waals surface area contributed by atoms with Crippen molar-refractivity contribution in [2.75, 3.05) is 0 Å². The van der Waals surface area contributed by atoms with E-state index in [1.807, 2.05) is 22.6 Å². The molecule has 1 rings (SSSR count). The van der Waals surface area contributed by atoms with E-state index >= 15 is 0 Å². The summed E-state index contributed by atoms with van der Waals surface area (Å²) < 4.78 is 25.2. The monoisotopic (exact) mass is 299 g/mol. The first-order chi connectivity index (χ1) is 6.06. The summed E-state index contributed by atoms with van der Waals surface area (Å²) in [7, 11) is 0. The number of aromatic nitrogens is 1. The van der Waals surface area contributed by atoms with Crippen LogP contribution in [0, 0.1) is 10.5 Å². The minimum Gasteiger partial charge on any atom is -0.390 e. The van der Waals surface area contributed by atoms with Gasteiger partial charge >= 0.3 is 0 Å². The van der Waals surface area contributed by atoms with Gasteiger partial charge in [0.15, 0.2) is 0 Å². The average Bonchev–Trinajstić information content (AvgIpc) is 2.09. The Labute approximate surface area is 88.1 Å². The lowest BCUT2D eigenvalue weighted by Gasteiger charge is -2.07. The molecule has 5 heteroatoms. The minimum absolute atomic E-state index is 0.246. The Morgan fingerprint density at radius 3 is 2.69 bits per heavy atom. The van der Waals surface area contributed by atoms with Crippen molar-refractivity contribution in [3.8, 4) is 0 Å². The molecule has 2 nitrogen and oxygen atoms in total. The van der Waals surface area contributed by atoms with Crippen molar-refractivity contribution < 1.29 is 13.9 Å². The van der Waals surface area contributed by atoms with Crippen molar-refractivity contribution in [1.82, 2.24) is 4.98 Å². The van der Waals surface area contributed by atoms with E-state index in [-0.39, 0.29) is 18.0 Å². The van der Waals surface area contributed by atoms with E-state index in [9.17, 15) is 8.78 Å². The van der Waals surface area contributed by atoms with E-state index in [0.29, 0.717) is 3.57 Å². The van der Waals surface area contributed by atoms with Gasteiger partial charge < -0.3 is 5.11 Å². The van der Waals surface area contributed by atoms with E-state index in [2.05, 4.69) is 4.98 Å². The number of hydrogen-bond acceptors (Lipinski definition) is 2. The van der Waals surface area contributed by atoms with Crippen LogP contribution in [0.1, 0.15) is 23.4 Å². The Kier molecular flexibility index (Phi) is 3.55. The second-order valence-electron chi connectivity index (χ2n) is 2.59. The molecular weight excluding hydrogens is 291 g/mol. The number of aliphatic hydroxyl groups excluding tert-OH is 1. The van der Waals surface area contributed by atoms with Crippen LogP contribution in [0.2, 0.25) is 0 Å². The summed E-state index contributed by atoms with van der Waals surface area (Å²) in [6.07, 6.45) is -2.59. The van der Waals surface area contributed by atoms with Gasteiger partial charge in [-0.2, -0.15) is 0 Å². The lowest BCUT2D eigenvalue weighted by atomic mass is 10.2. The van der Waals surface area contributed by atoms with Crippen molar-refractivity contribution >= 4 is 22.6 Å². The number of halogens is 3. The molecule has 0 aliphatic heterocycles. The number of aliphatic hydroxyl groups is 1. The number of nitrogens with zero attached hydrogens (tertiary/aromatic N) is 1. The standard InChI is InChI=1S/C8H8F2INO/c1-4-2-5(3-13)12-7(6(4)11)8(9)10/h2,8,13H,3H2,1H3. The molecule has 0 spiro atoms. The normalized spacial score (nSPS) is 10.9. The van der Waals surface area contributed by atoms with Gasteiger partial charge in [0.25, 0.3) is 6.43 Å². The average molecular weight is 299 g/mol. The van der Waals surface area contributed by atoms with E-state index in [4.69, 9.17) is 5.11 Å². The van der Waals surface area contributed by atoms with Gasteiger partial charge in [-0.1, -0.05) is 0 Å². The Morgan fingerprint density at radius 2 is 2.23 bits per heavy atom. The lowest BCUT2D eigenvalue weighted by molar-refractivity contribution is 0.144. The third-order valence-electron chi connectivity index (χ3n) is 1.59. The molecule has 13 heavy (non-hydrogen) atoms. The molecule has 0 atom stereocenters. The first kappa shape index (κ1) is 10.8. The van der Waals surface area contributed by atoms with Gasteiger partial charge in [0.1, 0.15) is 5.69 Å². The molecule has 0 aromatic carbocycles. The largest absolute Gasteiger partial charge is 0.390 e. The third kappa shape index (κ3) is 2.34. The molecule has 72 valence electrons. The first-order valence-corrected chi connectivity index (χ1v) is 4.69. The molecule has 1 aromatic rings. The van der Waals surface area contributed by atoms with Crippen molar-refractivity contribution in [2.24, 2.45) is 0 Å². The molecule has 1 heterocycles. The van der Waals surface area contributed by atoms with Crippen molar-refractivity contribution in [2.45, 2.75) is 20.0 Å². The molecule has 0 unspecified atom stereocenters. The van der Waals surface area contributed by atoms with Crippen LogP contribution >= 0.6 is 22.6 Å². The number of hydrogen-bond donors (Lipinski definition) is 1. The summed E-state index contributed by atoms with van der Waals surface area (Å²) >= 11 is 1.83. The van der Waals surface area contributed by atoms with Crippen LogP contribution in [0.5, 0.6) is 0 Å². The van der Waals surface area contributed by atoms with E-state index < -0.39 is 6.43 Å². The van der Waals surface area contributed by atoms with Crippen LogP contribution in [0.25, 0.3) is 0 Å². The fraction of sp³-hybridized carbons (Fsp3) is 0.375. The zero-order valence-electron chi connectivity index (χ0n) is 6.89. The van der Waals surface area contributed by atoms with Gasteiger partial charge in [-0.3, -0.25) is 0 Å². The van der Waals surface area contributed by atoms with Crippen LogP contribution in [-0.4, -0.2) is 10.1 Å². The maximum absolute atomic E-state index is 12.4. The second kappa shape index (κ2) is 4.28. The summed E-state index contributed by atoms with van der Waals surface area (Å²) in [5.74, 6) is 0. The molecule has 0 amide bonds. The number of rotatable bonds is 2. The molecule has 0 bridgehead atoms. The van der Waals surface area contributed by atoms with Crippen LogP contribution in [0.15, 0.2) is 6.07 Å². The quantitative estimate of drug-likeness (QED) is 0.851. The van der Waals surface area contributed by atoms with Gasteiger partial charge in [-0.25, -0.2) is 13.8 Å². The topological polar surface area (TPSA) is 33.1 Å². The van der Waals surface area contributed by atoms with E-state index in [0.717, 1.165) is 5.56 Å². The fourth-order valence-electron chi connectivity index (χ4n) is 0.977. The van der Waals surface area contributed by atoms with Gasteiger partial charge in [0.2, 0.25) is 0 Å². The molecule has 0 radical (unpaired) electrons. The summed E-state index contributed by atoms with van der Waals surface area (Å²) in [5, 5.41) is 8.75. The zero-order chi connectivity index (χ0) is 10.0. The number of aryl methyl sites for hydroxylation is 1. The predicted molar refractivity (Wildman–Crippen MR) is 52.6 cm³/mol. The van der Waals surface area contributed by atoms with Gasteiger partial charge in [0.05, 0.1) is 12.3 Å². The maximum Gasteiger partial charge on any atom is 0.281 e. The lowest BCUT2D eigenvalue weighted by Crippen LogP contribution is -2.01. The summed E-state index contributed by atoms with van der Waals surface area (Å²) in [5.41, 5.74) is 0.757. The van der Waals surface area contributed by atoms with Crippen LogP contribution < -0.4 is 0 Å². The zero-order valence-corrected chi connectivity index (χ0v) is 9.05. The highest BCUT2D eigenvalue weighted by atomic mass is 127. The molecule has 0 aliphatic carbocycles. The number of alkyl halides is 2. The van der Waals surface area contributed by atoms with Crippen LogP contribution in [-0.2, 0) is 6.61 Å². The van der Waals surface area contributed by atoms with Gasteiger partial charge in [0, 0.05) is 3.57 Å². The summed E-state index contributed by atoms with van der Waals surface area (Å²) in [6, 6.07) is 1.60. The summed E-state index contributed by atoms with van der Waals surface area (Å²) in [6.45, 7) is 1.41. The van der Waals surface area contributed by atoms with E-state index in [1.165, 1.54) is 0 Å². The van der Waals surface area contributed by atoms with Crippen molar-refractivity contribution in [3.63, 3.8) is 0 Å². The molecule has 0 aliphatic rings. The fourth-order valence-corrected chi connectivity index (χ4v) is 1.49. The van der Waals surface area contributed by atoms with Gasteiger partial charge in [-0.05, 0) is 41.1 Å². The predicted octanol–water partition coefficient (Wildman–Crippen LogP) is 2.42. The Balaban J connectivity index is 3.25. The second-order valence-corrected chi connectivity index (χ2v) is 3.67. The molecule has 0 fully saturated rings. The summed E-state index contributed by atoms with van der Waals surface area (Å²) in [4.78, 5) is 3.64. The number of pyridine rings is 1. The highest BCUT2D eigenvalue weighted by Gasteiger charge is 2.15. The highest BCUT2D eigenvalue weighted by molar-refractivity contribution is 14.1. The molecule has 1 aromatic heterocycles. The highest BCUT2D eigenvalue weighted by Crippen LogP contribution is 2.25. The van der Waals surface area contributed by atoms with Crippen molar-refractivity contribution in [1.29, 1.82) is 0 Å². The Morgan fingerprint density at radius 1 is 1.62 bits per heavy atom. The van der Waals surface area contributed by atoms with Crippen molar-refractivity contribution in [3.05, 3.63) is 26.6 Å². The molecular formula is C8H8F2INO. The molecule has 1 N–H and O–H groups in total. The Hall–Kier alpha value is -0.300. The van der Waals surface area contributed by atoms with Crippen LogP contribution in [0.4, 0.5) is 8.78 Å². The molecule has 0 saturated carbocycles. The Bertz CT molecular complexity index is 317. The van der Waals surface area contributed by atoms with Crippen LogP contribution in [0.3, 0.4) is 0 Å². The molecule has 0 saturated heterocycles. The first-order valence-electron chi connectivity index (χ1n) is 3.61. The third-order valence-corrected chi connectivity index (χ3v) is 2.99. The smallest absolute Gasteiger partial charge is 0.281 e. The minimum atomic E-state index is -2.59. The SMILES string of the molecule is Cc1cc(CO)nc(C(F)F)c1I. The van der Waals surface area contributed by atoms with E-state index in [1.54, 1.807) is 13.0 Å².